The first-order valence-electron chi connectivity index (χ1n) is 11.6. The van der Waals surface area contributed by atoms with Crippen molar-refractivity contribution in [1.29, 1.82) is 0 Å². The molecule has 3 rings (SSSR count). The minimum Gasteiger partial charge on any atom is -0.342 e. The van der Waals surface area contributed by atoms with Gasteiger partial charge in [-0.3, -0.25) is 19.8 Å². The zero-order chi connectivity index (χ0) is 24.1. The lowest BCUT2D eigenvalue weighted by atomic mass is 9.88. The van der Waals surface area contributed by atoms with Crippen LogP contribution in [0.5, 0.6) is 0 Å². The first kappa shape index (κ1) is 24.8. The fourth-order valence-electron chi connectivity index (χ4n) is 4.71. The fourth-order valence-corrected chi connectivity index (χ4v) is 4.71. The number of likely N-dealkylation sites (tertiary alicyclic amines) is 1. The number of hydrogen-bond donors (Lipinski definition) is 0. The SMILES string of the molecule is CC(C)CN(C[C@@H]1CN(Cc2ccc([N+](=O)[O-])cc2)C[C@H]1c1cccc(F)c1)C(=O)C(C)C. The van der Waals surface area contributed by atoms with Gasteiger partial charge in [0.05, 0.1) is 4.92 Å². The second kappa shape index (κ2) is 10.9. The Kier molecular flexibility index (Phi) is 8.19. The van der Waals surface area contributed by atoms with Crippen LogP contribution in [0.25, 0.3) is 0 Å². The lowest BCUT2D eigenvalue weighted by Crippen LogP contribution is -2.41. The molecule has 0 aliphatic carbocycles. The zero-order valence-corrected chi connectivity index (χ0v) is 19.9. The molecule has 178 valence electrons. The monoisotopic (exact) mass is 455 g/mol. The summed E-state index contributed by atoms with van der Waals surface area (Å²) in [6.07, 6.45) is 0. The molecule has 2 aromatic rings. The maximum Gasteiger partial charge on any atom is 0.269 e. The fraction of sp³-hybridized carbons (Fsp3) is 0.500. The zero-order valence-electron chi connectivity index (χ0n) is 19.9. The molecule has 1 amide bonds. The molecule has 7 heteroatoms. The lowest BCUT2D eigenvalue weighted by molar-refractivity contribution is -0.384. The van der Waals surface area contributed by atoms with Gasteiger partial charge in [-0.15, -0.1) is 0 Å². The summed E-state index contributed by atoms with van der Waals surface area (Å²) in [6.45, 7) is 11.6. The molecular formula is C26H34FN3O3. The van der Waals surface area contributed by atoms with E-state index in [-0.39, 0.29) is 35.2 Å². The van der Waals surface area contributed by atoms with Crippen molar-refractivity contribution in [3.8, 4) is 0 Å². The number of benzene rings is 2. The van der Waals surface area contributed by atoms with Crippen LogP contribution in [0, 0.1) is 33.7 Å². The summed E-state index contributed by atoms with van der Waals surface area (Å²) in [5.74, 6) is 0.458. The molecular weight excluding hydrogens is 421 g/mol. The van der Waals surface area contributed by atoms with E-state index in [9.17, 15) is 19.3 Å². The van der Waals surface area contributed by atoms with Crippen LogP contribution in [0.1, 0.15) is 44.7 Å². The summed E-state index contributed by atoms with van der Waals surface area (Å²) in [5.41, 5.74) is 2.02. The van der Waals surface area contributed by atoms with Crippen molar-refractivity contribution in [2.24, 2.45) is 17.8 Å². The number of carbonyl (C=O) groups excluding carboxylic acids is 1. The third-order valence-corrected chi connectivity index (χ3v) is 6.19. The Hall–Kier alpha value is -2.80. The standard InChI is InChI=1S/C26H34FN3O3/c1-18(2)13-29(26(31)19(3)4)16-22-15-28(14-20-8-10-24(11-9-20)30(32)33)17-25(22)21-6-5-7-23(27)12-21/h5-12,18-19,22,25H,13-17H2,1-4H3/t22-,25-/m0/s1. The predicted molar refractivity (Wildman–Crippen MR) is 127 cm³/mol. The van der Waals surface area contributed by atoms with E-state index < -0.39 is 4.92 Å². The predicted octanol–water partition coefficient (Wildman–Crippen LogP) is 5.09. The number of amides is 1. The quantitative estimate of drug-likeness (QED) is 0.390. The molecule has 6 nitrogen and oxygen atoms in total. The van der Waals surface area contributed by atoms with Crippen LogP contribution in [-0.4, -0.2) is 46.8 Å². The highest BCUT2D eigenvalue weighted by Crippen LogP contribution is 2.35. The van der Waals surface area contributed by atoms with Crippen LogP contribution in [0.4, 0.5) is 10.1 Å². The number of hydrogen-bond acceptors (Lipinski definition) is 4. The summed E-state index contributed by atoms with van der Waals surface area (Å²) in [4.78, 5) is 27.7. The maximum absolute atomic E-state index is 14.0. The van der Waals surface area contributed by atoms with E-state index in [0.717, 1.165) is 24.2 Å². The number of rotatable bonds is 9. The van der Waals surface area contributed by atoms with Gasteiger partial charge in [-0.25, -0.2) is 4.39 Å². The average Bonchev–Trinajstić information content (AvgIpc) is 3.14. The van der Waals surface area contributed by atoms with E-state index in [4.69, 9.17) is 0 Å². The molecule has 1 aliphatic heterocycles. The Labute approximate surface area is 195 Å². The lowest BCUT2D eigenvalue weighted by Gasteiger charge is -2.31. The Morgan fingerprint density at radius 2 is 1.85 bits per heavy atom. The minimum atomic E-state index is -0.398. The molecule has 0 saturated carbocycles. The van der Waals surface area contributed by atoms with E-state index in [2.05, 4.69) is 18.7 Å². The highest BCUT2D eigenvalue weighted by atomic mass is 19.1. The van der Waals surface area contributed by atoms with Crippen LogP contribution in [-0.2, 0) is 11.3 Å². The molecule has 1 heterocycles. The van der Waals surface area contributed by atoms with Crippen molar-refractivity contribution in [2.45, 2.75) is 40.2 Å². The van der Waals surface area contributed by atoms with Crippen molar-refractivity contribution in [2.75, 3.05) is 26.2 Å². The third kappa shape index (κ3) is 6.60. The summed E-state index contributed by atoms with van der Waals surface area (Å²) < 4.78 is 14.0. The van der Waals surface area contributed by atoms with E-state index in [1.165, 1.54) is 18.2 Å². The molecule has 33 heavy (non-hydrogen) atoms. The van der Waals surface area contributed by atoms with Gasteiger partial charge in [0.2, 0.25) is 5.91 Å². The van der Waals surface area contributed by atoms with Gasteiger partial charge < -0.3 is 4.90 Å². The molecule has 0 unspecified atom stereocenters. The van der Waals surface area contributed by atoms with Crippen molar-refractivity contribution in [3.05, 3.63) is 75.6 Å². The molecule has 0 spiro atoms. The molecule has 2 aromatic carbocycles. The van der Waals surface area contributed by atoms with Crippen LogP contribution < -0.4 is 0 Å². The topological polar surface area (TPSA) is 66.7 Å². The van der Waals surface area contributed by atoms with Gasteiger partial charge in [0.25, 0.3) is 5.69 Å². The van der Waals surface area contributed by atoms with Crippen molar-refractivity contribution in [1.82, 2.24) is 9.80 Å². The van der Waals surface area contributed by atoms with Gasteiger partial charge in [-0.2, -0.15) is 0 Å². The highest BCUT2D eigenvalue weighted by Gasteiger charge is 2.36. The van der Waals surface area contributed by atoms with E-state index >= 15 is 0 Å². The van der Waals surface area contributed by atoms with Crippen molar-refractivity contribution in [3.63, 3.8) is 0 Å². The Bertz CT molecular complexity index is 962. The van der Waals surface area contributed by atoms with Gasteiger partial charge in [0.1, 0.15) is 5.82 Å². The van der Waals surface area contributed by atoms with Crippen LogP contribution >= 0.6 is 0 Å². The number of non-ortho nitro benzene ring substituents is 1. The second-order valence-electron chi connectivity index (χ2n) is 9.83. The number of halogens is 1. The molecule has 0 radical (unpaired) electrons. The molecule has 1 aliphatic rings. The maximum atomic E-state index is 14.0. The number of nitrogens with zero attached hydrogens (tertiary/aromatic N) is 3. The molecule has 1 saturated heterocycles. The largest absolute Gasteiger partial charge is 0.342 e. The molecule has 0 aromatic heterocycles. The van der Waals surface area contributed by atoms with Crippen LogP contribution in [0.2, 0.25) is 0 Å². The third-order valence-electron chi connectivity index (χ3n) is 6.19. The number of carbonyl (C=O) groups is 1. The van der Waals surface area contributed by atoms with Crippen LogP contribution in [0.15, 0.2) is 48.5 Å². The first-order valence-corrected chi connectivity index (χ1v) is 11.6. The summed E-state index contributed by atoms with van der Waals surface area (Å²) in [6, 6.07) is 13.4. The summed E-state index contributed by atoms with van der Waals surface area (Å²) in [7, 11) is 0. The Morgan fingerprint density at radius 3 is 2.42 bits per heavy atom. The Balaban J connectivity index is 1.82. The number of nitro benzene ring substituents is 1. The minimum absolute atomic E-state index is 0.0750. The molecule has 0 N–H and O–H groups in total. The van der Waals surface area contributed by atoms with Crippen molar-refractivity contribution < 1.29 is 14.1 Å². The highest BCUT2D eigenvalue weighted by molar-refractivity contribution is 5.78. The molecule has 0 bridgehead atoms. The van der Waals surface area contributed by atoms with Crippen molar-refractivity contribution >= 4 is 11.6 Å². The second-order valence-corrected chi connectivity index (χ2v) is 9.83. The molecule has 2 atom stereocenters. The number of nitro groups is 1. The van der Waals surface area contributed by atoms with E-state index in [1.54, 1.807) is 24.3 Å². The van der Waals surface area contributed by atoms with Gasteiger partial charge in [0.15, 0.2) is 0 Å². The first-order chi connectivity index (χ1) is 15.6. The van der Waals surface area contributed by atoms with Gasteiger partial charge in [-0.1, -0.05) is 52.0 Å². The van der Waals surface area contributed by atoms with E-state index in [1.807, 2.05) is 24.8 Å². The summed E-state index contributed by atoms with van der Waals surface area (Å²) >= 11 is 0. The molecule has 1 fully saturated rings. The van der Waals surface area contributed by atoms with E-state index in [0.29, 0.717) is 25.6 Å². The smallest absolute Gasteiger partial charge is 0.269 e. The van der Waals surface area contributed by atoms with Gasteiger partial charge >= 0.3 is 0 Å². The van der Waals surface area contributed by atoms with Crippen LogP contribution in [0.3, 0.4) is 0 Å². The summed E-state index contributed by atoms with van der Waals surface area (Å²) in [5, 5.41) is 10.9. The Morgan fingerprint density at radius 1 is 1.15 bits per heavy atom. The van der Waals surface area contributed by atoms with Gasteiger partial charge in [0, 0.05) is 56.7 Å². The normalized spacial score (nSPS) is 18.8. The average molecular weight is 456 g/mol. The van der Waals surface area contributed by atoms with Gasteiger partial charge in [-0.05, 0) is 35.1 Å².